The number of para-hydroxylation sites is 1. The summed E-state index contributed by atoms with van der Waals surface area (Å²) in [6.07, 6.45) is 1.77. The van der Waals surface area contributed by atoms with E-state index in [1.165, 1.54) is 39.1 Å². The van der Waals surface area contributed by atoms with Crippen molar-refractivity contribution in [3.8, 4) is 22.5 Å². The van der Waals surface area contributed by atoms with E-state index in [4.69, 9.17) is 9.97 Å². The predicted octanol–water partition coefficient (Wildman–Crippen LogP) is 9.68. The first-order valence-electron chi connectivity index (χ1n) is 14.7. The minimum atomic E-state index is 0.121. The number of hydrogen-bond acceptors (Lipinski definition) is 3. The maximum atomic E-state index is 5.33. The van der Waals surface area contributed by atoms with Gasteiger partial charge in [0.15, 0.2) is 0 Å². The molecule has 3 aromatic carbocycles. The van der Waals surface area contributed by atoms with E-state index in [2.05, 4.69) is 137 Å². The Morgan fingerprint density at radius 1 is 0.488 bits per heavy atom. The van der Waals surface area contributed by atoms with E-state index < -0.39 is 0 Å². The van der Waals surface area contributed by atoms with Gasteiger partial charge in [0.05, 0.1) is 17.1 Å². The fourth-order valence-corrected chi connectivity index (χ4v) is 6.16. The molecule has 0 saturated carbocycles. The Balaban J connectivity index is 1.35. The maximum Gasteiger partial charge on any atom is 0.143 e. The normalized spacial score (nSPS) is 13.9. The molecule has 0 radical (unpaired) electrons. The van der Waals surface area contributed by atoms with Gasteiger partial charge >= 0.3 is 0 Å². The molecule has 2 aliphatic rings. The summed E-state index contributed by atoms with van der Waals surface area (Å²) in [6, 6.07) is 33.3. The van der Waals surface area contributed by atoms with Crippen molar-refractivity contribution in [2.75, 3.05) is 4.90 Å². The number of nitrogens with zero attached hydrogens (tertiary/aromatic N) is 3. The maximum absolute atomic E-state index is 5.33. The van der Waals surface area contributed by atoms with Gasteiger partial charge in [0, 0.05) is 24.0 Å². The van der Waals surface area contributed by atoms with Crippen molar-refractivity contribution in [3.05, 3.63) is 124 Å². The molecule has 0 fully saturated rings. The number of hydrogen-bond donors (Lipinski definition) is 0. The number of aromatic nitrogens is 2. The summed E-state index contributed by atoms with van der Waals surface area (Å²) in [5, 5.41) is 0. The third kappa shape index (κ3) is 4.44. The SMILES string of the molecule is CC(C)(C)c1ccc(-c2ccc3c(n2)N2c4nc(-c5ccc(C(C)(C)C)cc5)ccc4Cc4cccc(c42)C3)cc1. The predicted molar refractivity (Wildman–Crippen MR) is 171 cm³/mol. The molecule has 0 unspecified atom stereocenters. The highest BCUT2D eigenvalue weighted by atomic mass is 15.3. The largest absolute Gasteiger partial charge is 0.278 e. The number of benzene rings is 3. The highest BCUT2D eigenvalue weighted by Crippen LogP contribution is 2.49. The molecule has 0 N–H and O–H groups in total. The Labute approximate surface area is 243 Å². The summed E-state index contributed by atoms with van der Waals surface area (Å²) >= 11 is 0. The zero-order valence-corrected chi connectivity index (χ0v) is 24.9. The minimum absolute atomic E-state index is 0.121. The fourth-order valence-electron chi connectivity index (χ4n) is 6.16. The quantitative estimate of drug-likeness (QED) is 0.221. The first-order valence-corrected chi connectivity index (χ1v) is 14.7. The molecule has 204 valence electrons. The molecule has 0 bridgehead atoms. The van der Waals surface area contributed by atoms with Crippen LogP contribution >= 0.6 is 0 Å². The molecule has 7 rings (SSSR count). The van der Waals surface area contributed by atoms with Crippen molar-refractivity contribution in [2.45, 2.75) is 65.2 Å². The van der Waals surface area contributed by atoms with E-state index in [0.717, 1.165) is 47.0 Å². The molecule has 4 heterocycles. The molecule has 41 heavy (non-hydrogen) atoms. The van der Waals surface area contributed by atoms with Gasteiger partial charge in [-0.05, 0) is 56.3 Å². The second-order valence-corrected chi connectivity index (χ2v) is 13.6. The van der Waals surface area contributed by atoms with Crippen molar-refractivity contribution in [1.82, 2.24) is 9.97 Å². The molecule has 2 aliphatic heterocycles. The lowest BCUT2D eigenvalue weighted by molar-refractivity contribution is 0.590. The van der Waals surface area contributed by atoms with Crippen LogP contribution in [0.25, 0.3) is 22.5 Å². The molecule has 3 heteroatoms. The molecular weight excluding hydrogens is 498 g/mol. The highest BCUT2D eigenvalue weighted by Gasteiger charge is 2.34. The summed E-state index contributed by atoms with van der Waals surface area (Å²) in [5.74, 6) is 1.99. The second kappa shape index (κ2) is 9.14. The first kappa shape index (κ1) is 25.7. The third-order valence-corrected chi connectivity index (χ3v) is 8.62. The molecule has 3 nitrogen and oxygen atoms in total. The van der Waals surface area contributed by atoms with E-state index in [-0.39, 0.29) is 10.8 Å². The van der Waals surface area contributed by atoms with Gasteiger partial charge in [-0.15, -0.1) is 0 Å². The lowest BCUT2D eigenvalue weighted by Gasteiger charge is -2.37. The summed E-state index contributed by atoms with van der Waals surface area (Å²) in [7, 11) is 0. The van der Waals surface area contributed by atoms with Crippen LogP contribution < -0.4 is 4.90 Å². The van der Waals surface area contributed by atoms with Crippen molar-refractivity contribution >= 4 is 17.3 Å². The Kier molecular flexibility index (Phi) is 5.73. The Hall–Kier alpha value is -4.24. The highest BCUT2D eigenvalue weighted by molar-refractivity contribution is 5.87. The first-order chi connectivity index (χ1) is 19.6. The van der Waals surface area contributed by atoms with Gasteiger partial charge < -0.3 is 0 Å². The van der Waals surface area contributed by atoms with E-state index in [9.17, 15) is 0 Å². The van der Waals surface area contributed by atoms with Crippen LogP contribution in [0.4, 0.5) is 17.3 Å². The number of pyridine rings is 2. The van der Waals surface area contributed by atoms with Gasteiger partial charge in [0.25, 0.3) is 0 Å². The van der Waals surface area contributed by atoms with Crippen LogP contribution in [0.1, 0.15) is 74.9 Å². The standard InChI is InChI=1S/C38H37N3/c1-37(2,3)30-16-10-24(11-17-30)32-20-14-28-22-26-8-7-9-27-23-29-15-21-33(25-12-18-31(19-13-25)38(4,5)6)40-36(29)41(34(26)27)35(28)39-32/h7-21H,22-23H2,1-6H3. The molecule has 2 aromatic heterocycles. The lowest BCUT2D eigenvalue weighted by atomic mass is 9.86. The van der Waals surface area contributed by atoms with Crippen molar-refractivity contribution in [3.63, 3.8) is 0 Å². The molecule has 5 aromatic rings. The van der Waals surface area contributed by atoms with E-state index in [1.54, 1.807) is 0 Å². The Morgan fingerprint density at radius 2 is 0.902 bits per heavy atom. The van der Waals surface area contributed by atoms with Crippen molar-refractivity contribution in [2.24, 2.45) is 0 Å². The van der Waals surface area contributed by atoms with Crippen LogP contribution in [0.5, 0.6) is 0 Å². The lowest BCUT2D eigenvalue weighted by Crippen LogP contribution is -2.26. The molecule has 0 saturated heterocycles. The van der Waals surface area contributed by atoms with Gasteiger partial charge in [-0.25, -0.2) is 9.97 Å². The van der Waals surface area contributed by atoms with Gasteiger partial charge in [0.2, 0.25) is 0 Å². The smallest absolute Gasteiger partial charge is 0.143 e. The number of rotatable bonds is 2. The van der Waals surface area contributed by atoms with Crippen LogP contribution in [-0.4, -0.2) is 9.97 Å². The summed E-state index contributed by atoms with van der Waals surface area (Å²) < 4.78 is 0. The van der Waals surface area contributed by atoms with Gasteiger partial charge in [-0.3, -0.25) is 4.90 Å². The van der Waals surface area contributed by atoms with Gasteiger partial charge in [-0.2, -0.15) is 0 Å². The zero-order chi connectivity index (χ0) is 28.5. The van der Waals surface area contributed by atoms with Crippen LogP contribution in [0.15, 0.2) is 91.0 Å². The Morgan fingerprint density at radius 3 is 1.29 bits per heavy atom. The van der Waals surface area contributed by atoms with Crippen LogP contribution in [0.3, 0.4) is 0 Å². The zero-order valence-electron chi connectivity index (χ0n) is 24.9. The van der Waals surface area contributed by atoms with Gasteiger partial charge in [0.1, 0.15) is 11.6 Å². The minimum Gasteiger partial charge on any atom is -0.278 e. The average Bonchev–Trinajstić information content (AvgIpc) is 2.96. The molecule has 0 aliphatic carbocycles. The topological polar surface area (TPSA) is 29.0 Å². The molecular formula is C38H37N3. The fraction of sp³-hybridized carbons (Fsp3) is 0.263. The van der Waals surface area contributed by atoms with Crippen LogP contribution in [0, 0.1) is 0 Å². The molecule has 0 atom stereocenters. The molecule has 0 spiro atoms. The van der Waals surface area contributed by atoms with E-state index >= 15 is 0 Å². The Bertz CT molecular complexity index is 1650. The summed E-state index contributed by atoms with van der Waals surface area (Å²) in [5.41, 5.74) is 13.6. The van der Waals surface area contributed by atoms with Crippen LogP contribution in [-0.2, 0) is 23.7 Å². The van der Waals surface area contributed by atoms with E-state index in [0.29, 0.717) is 0 Å². The second-order valence-electron chi connectivity index (χ2n) is 13.6. The third-order valence-electron chi connectivity index (χ3n) is 8.62. The summed E-state index contributed by atoms with van der Waals surface area (Å²) in [4.78, 5) is 13.0. The van der Waals surface area contributed by atoms with E-state index in [1.807, 2.05) is 0 Å². The summed E-state index contributed by atoms with van der Waals surface area (Å²) in [6.45, 7) is 13.5. The monoisotopic (exact) mass is 535 g/mol. The van der Waals surface area contributed by atoms with Crippen molar-refractivity contribution < 1.29 is 0 Å². The number of fused-ring (bicyclic) bond motifs is 4. The van der Waals surface area contributed by atoms with Crippen molar-refractivity contribution in [1.29, 1.82) is 0 Å². The van der Waals surface area contributed by atoms with Gasteiger partial charge in [-0.1, -0.05) is 120 Å². The number of anilines is 3. The van der Waals surface area contributed by atoms with Crippen LogP contribution in [0.2, 0.25) is 0 Å². The average molecular weight is 536 g/mol. The molecule has 0 amide bonds.